The second-order valence-corrected chi connectivity index (χ2v) is 8.83. The highest BCUT2D eigenvalue weighted by atomic mass is 16.6. The fraction of sp³-hybridized carbons (Fsp3) is 0.625. The number of amides is 2. The largest absolute Gasteiger partial charge is 0.480 e. The molecule has 4 N–H and O–H groups in total. The Morgan fingerprint density at radius 3 is 2.18 bits per heavy atom. The summed E-state index contributed by atoms with van der Waals surface area (Å²) in [5.74, 6) is -1.08. The molecule has 0 bridgehead atoms. The van der Waals surface area contributed by atoms with Crippen molar-refractivity contribution in [2.24, 2.45) is 0 Å². The number of carbonyl (C=O) groups is 3. The molecule has 1 aromatic rings. The van der Waals surface area contributed by atoms with Crippen molar-refractivity contribution < 1.29 is 29.0 Å². The molecule has 1 atom stereocenters. The first-order chi connectivity index (χ1) is 15.7. The van der Waals surface area contributed by atoms with Gasteiger partial charge in [-0.15, -0.1) is 0 Å². The van der Waals surface area contributed by atoms with Crippen LogP contribution in [0.15, 0.2) is 30.3 Å². The van der Waals surface area contributed by atoms with Gasteiger partial charge in [-0.2, -0.15) is 0 Å². The van der Waals surface area contributed by atoms with Gasteiger partial charge in [-0.05, 0) is 65.1 Å². The van der Waals surface area contributed by atoms with Crippen LogP contribution in [0.3, 0.4) is 0 Å². The summed E-state index contributed by atoms with van der Waals surface area (Å²) >= 11 is 0. The molecule has 186 valence electrons. The third kappa shape index (κ3) is 15.6. The maximum Gasteiger partial charge on any atom is 0.408 e. The molecule has 0 spiro atoms. The minimum absolute atomic E-state index is 0.0949. The zero-order valence-corrected chi connectivity index (χ0v) is 20.0. The monoisotopic (exact) mass is 465 g/mol. The molecule has 0 aliphatic rings. The topological polar surface area (TPSA) is 126 Å². The van der Waals surface area contributed by atoms with Gasteiger partial charge < -0.3 is 30.5 Å². The lowest BCUT2D eigenvalue weighted by molar-refractivity contribution is -0.139. The van der Waals surface area contributed by atoms with Gasteiger partial charge in [0.25, 0.3) is 0 Å². The molecular weight excluding hydrogens is 426 g/mol. The van der Waals surface area contributed by atoms with Crippen LogP contribution in [-0.4, -0.2) is 54.5 Å². The van der Waals surface area contributed by atoms with Gasteiger partial charge >= 0.3 is 18.2 Å². The Bertz CT molecular complexity index is 706. The third-order valence-electron chi connectivity index (χ3n) is 4.60. The number of alkyl carbamates (subject to hydrolysis) is 2. The summed E-state index contributed by atoms with van der Waals surface area (Å²) in [5.41, 5.74) is 0.352. The average Bonchev–Trinajstić information content (AvgIpc) is 2.74. The van der Waals surface area contributed by atoms with Gasteiger partial charge in [-0.25, -0.2) is 14.4 Å². The van der Waals surface area contributed by atoms with Crippen molar-refractivity contribution in [2.75, 3.05) is 19.6 Å². The quantitative estimate of drug-likeness (QED) is 0.290. The molecule has 2 amide bonds. The van der Waals surface area contributed by atoms with Gasteiger partial charge in [0.05, 0.1) is 0 Å². The van der Waals surface area contributed by atoms with E-state index in [9.17, 15) is 19.5 Å². The number of ether oxygens (including phenoxy) is 2. The van der Waals surface area contributed by atoms with Crippen LogP contribution in [0.25, 0.3) is 0 Å². The zero-order chi connectivity index (χ0) is 24.5. The summed E-state index contributed by atoms with van der Waals surface area (Å²) < 4.78 is 10.3. The number of carboxylic acids is 1. The highest BCUT2D eigenvalue weighted by molar-refractivity contribution is 5.79. The van der Waals surface area contributed by atoms with Crippen molar-refractivity contribution >= 4 is 18.2 Å². The lowest BCUT2D eigenvalue weighted by Crippen LogP contribution is -2.41. The Labute approximate surface area is 196 Å². The molecule has 0 aromatic heterocycles. The van der Waals surface area contributed by atoms with E-state index in [-0.39, 0.29) is 12.7 Å². The van der Waals surface area contributed by atoms with E-state index in [1.165, 1.54) is 0 Å². The second-order valence-electron chi connectivity index (χ2n) is 8.83. The number of benzene rings is 1. The number of carbonyl (C=O) groups excluding carboxylic acids is 2. The standard InChI is InChI=1S/C24H39N3O6/c1-24(2,3)33-22(30)26-17-10-5-4-9-15-25-16-11-14-20(21(28)29)27-23(31)32-18-19-12-7-6-8-13-19/h6-8,12-13,20,25H,4-5,9-11,14-18H2,1-3H3,(H,26,30)(H,27,31)(H,28,29). The van der Waals surface area contributed by atoms with Crippen LogP contribution in [0.4, 0.5) is 9.59 Å². The maximum absolute atomic E-state index is 11.9. The predicted octanol–water partition coefficient (Wildman–Crippen LogP) is 3.82. The predicted molar refractivity (Wildman–Crippen MR) is 126 cm³/mol. The average molecular weight is 466 g/mol. The number of rotatable bonds is 15. The van der Waals surface area contributed by atoms with Crippen molar-refractivity contribution in [3.8, 4) is 0 Å². The first-order valence-corrected chi connectivity index (χ1v) is 11.5. The number of unbranched alkanes of at least 4 members (excludes halogenated alkanes) is 3. The van der Waals surface area contributed by atoms with Crippen molar-refractivity contribution in [3.63, 3.8) is 0 Å². The van der Waals surface area contributed by atoms with E-state index in [0.717, 1.165) is 37.8 Å². The Morgan fingerprint density at radius 2 is 1.55 bits per heavy atom. The van der Waals surface area contributed by atoms with E-state index < -0.39 is 23.7 Å². The molecule has 1 rings (SSSR count). The van der Waals surface area contributed by atoms with Gasteiger partial charge in [0.2, 0.25) is 0 Å². The van der Waals surface area contributed by atoms with Crippen molar-refractivity contribution in [2.45, 2.75) is 77.5 Å². The molecule has 0 aliphatic carbocycles. The molecule has 0 fully saturated rings. The van der Waals surface area contributed by atoms with Crippen LogP contribution in [0.1, 0.15) is 64.9 Å². The minimum Gasteiger partial charge on any atom is -0.480 e. The Balaban J connectivity index is 2.03. The number of hydrogen-bond acceptors (Lipinski definition) is 6. The molecule has 0 saturated heterocycles. The van der Waals surface area contributed by atoms with Crippen molar-refractivity contribution in [1.29, 1.82) is 0 Å². The SMILES string of the molecule is CC(C)(C)OC(=O)NCCCCCCNCCCC(NC(=O)OCc1ccccc1)C(=O)O. The molecule has 0 radical (unpaired) electrons. The lowest BCUT2D eigenvalue weighted by atomic mass is 10.1. The molecule has 1 aromatic carbocycles. The molecule has 0 saturated carbocycles. The molecule has 33 heavy (non-hydrogen) atoms. The first kappa shape index (κ1) is 28.2. The minimum atomic E-state index is -1.08. The Morgan fingerprint density at radius 1 is 0.909 bits per heavy atom. The Hall–Kier alpha value is -2.81. The molecular formula is C24H39N3O6. The highest BCUT2D eigenvalue weighted by Crippen LogP contribution is 2.07. The summed E-state index contributed by atoms with van der Waals surface area (Å²) in [6.07, 6.45) is 3.76. The highest BCUT2D eigenvalue weighted by Gasteiger charge is 2.20. The number of carboxylic acid groups (broad SMARTS) is 1. The number of nitrogens with one attached hydrogen (secondary N) is 3. The van der Waals surface area contributed by atoms with Gasteiger partial charge in [-0.3, -0.25) is 0 Å². The summed E-state index contributed by atoms with van der Waals surface area (Å²) in [7, 11) is 0. The van der Waals surface area contributed by atoms with Crippen LogP contribution in [0.2, 0.25) is 0 Å². The van der Waals surface area contributed by atoms with E-state index in [2.05, 4.69) is 16.0 Å². The van der Waals surface area contributed by atoms with Crippen molar-refractivity contribution in [3.05, 3.63) is 35.9 Å². The summed E-state index contributed by atoms with van der Waals surface area (Å²) in [5, 5.41) is 17.8. The van der Waals surface area contributed by atoms with E-state index >= 15 is 0 Å². The van der Waals surface area contributed by atoms with Crippen molar-refractivity contribution in [1.82, 2.24) is 16.0 Å². The van der Waals surface area contributed by atoms with Crippen LogP contribution >= 0.6 is 0 Å². The van der Waals surface area contributed by atoms with Gasteiger partial charge in [-0.1, -0.05) is 43.2 Å². The van der Waals surface area contributed by atoms with E-state index in [1.807, 2.05) is 51.1 Å². The van der Waals surface area contributed by atoms with E-state index in [1.54, 1.807) is 0 Å². The molecule has 0 aliphatic heterocycles. The second kappa shape index (κ2) is 15.9. The summed E-state index contributed by atoms with van der Waals surface area (Å²) in [6, 6.07) is 8.22. The lowest BCUT2D eigenvalue weighted by Gasteiger charge is -2.19. The summed E-state index contributed by atoms with van der Waals surface area (Å²) in [4.78, 5) is 34.8. The molecule has 0 heterocycles. The molecule has 9 nitrogen and oxygen atoms in total. The molecule has 9 heteroatoms. The zero-order valence-electron chi connectivity index (χ0n) is 20.0. The molecule has 1 unspecified atom stereocenters. The van der Waals surface area contributed by atoms with E-state index in [0.29, 0.717) is 25.9 Å². The summed E-state index contributed by atoms with van der Waals surface area (Å²) in [6.45, 7) is 7.70. The number of hydrogen-bond donors (Lipinski definition) is 4. The smallest absolute Gasteiger partial charge is 0.408 e. The van der Waals surface area contributed by atoms with Gasteiger partial charge in [0, 0.05) is 6.54 Å². The first-order valence-electron chi connectivity index (χ1n) is 11.5. The fourth-order valence-electron chi connectivity index (χ4n) is 2.95. The van der Waals surface area contributed by atoms with Crippen LogP contribution in [-0.2, 0) is 20.9 Å². The fourth-order valence-corrected chi connectivity index (χ4v) is 2.95. The normalized spacial score (nSPS) is 12.0. The Kier molecular flexibility index (Phi) is 13.6. The number of aliphatic carboxylic acids is 1. The maximum atomic E-state index is 11.9. The van der Waals surface area contributed by atoms with Gasteiger partial charge in [0.15, 0.2) is 0 Å². The van der Waals surface area contributed by atoms with Crippen LogP contribution in [0, 0.1) is 0 Å². The third-order valence-corrected chi connectivity index (χ3v) is 4.60. The van der Waals surface area contributed by atoms with Gasteiger partial charge in [0.1, 0.15) is 18.2 Å². The van der Waals surface area contributed by atoms with E-state index in [4.69, 9.17) is 9.47 Å². The van der Waals surface area contributed by atoms with Crippen LogP contribution in [0.5, 0.6) is 0 Å². The van der Waals surface area contributed by atoms with Crippen LogP contribution < -0.4 is 16.0 Å².